The van der Waals surface area contributed by atoms with Gasteiger partial charge in [0.2, 0.25) is 0 Å². The number of nitrogens with zero attached hydrogens (tertiary/aromatic N) is 3. The number of para-hydroxylation sites is 2. The predicted octanol–water partition coefficient (Wildman–Crippen LogP) is 9.43. The topological polar surface area (TPSA) is 65.0 Å². The van der Waals surface area contributed by atoms with Gasteiger partial charge in [-0.1, -0.05) is 88.7 Å². The number of fused-ring (bicyclic) bond motifs is 6. The van der Waals surface area contributed by atoms with E-state index in [0.29, 0.717) is 17.5 Å². The zero-order chi connectivity index (χ0) is 25.9. The largest absolute Gasteiger partial charge is 0.456 e. The number of aromatic nitrogens is 3. The van der Waals surface area contributed by atoms with E-state index in [9.17, 15) is 0 Å². The van der Waals surface area contributed by atoms with Crippen LogP contribution in [-0.2, 0) is 0 Å². The maximum atomic E-state index is 6.36. The highest BCUT2D eigenvalue weighted by Crippen LogP contribution is 2.39. The third-order valence-corrected chi connectivity index (χ3v) is 7.50. The molecule has 0 unspecified atom stereocenters. The Kier molecular flexibility index (Phi) is 4.90. The van der Waals surface area contributed by atoms with E-state index in [-0.39, 0.29) is 0 Å². The summed E-state index contributed by atoms with van der Waals surface area (Å²) in [5.41, 5.74) is 5.79. The van der Waals surface area contributed by atoms with Crippen LogP contribution in [0.3, 0.4) is 0 Å². The van der Waals surface area contributed by atoms with Gasteiger partial charge in [-0.25, -0.2) is 15.0 Å². The minimum absolute atomic E-state index is 0.548. The lowest BCUT2D eigenvalue weighted by molar-refractivity contribution is 0.668. The second-order valence-corrected chi connectivity index (χ2v) is 10.3. The molecule has 0 aliphatic carbocycles. The third kappa shape index (κ3) is 3.56. The highest BCUT2D eigenvalue weighted by molar-refractivity contribution is 9.10. The third-order valence-electron chi connectivity index (χ3n) is 7.01. The zero-order valence-electron chi connectivity index (χ0n) is 20.4. The van der Waals surface area contributed by atoms with Gasteiger partial charge in [-0.15, -0.1) is 0 Å². The Morgan fingerprint density at radius 3 is 2.05 bits per heavy atom. The fraction of sp³-hybridized carbons (Fsp3) is 0. The van der Waals surface area contributed by atoms with Gasteiger partial charge < -0.3 is 8.83 Å². The number of hydrogen-bond donors (Lipinski definition) is 0. The van der Waals surface area contributed by atoms with Gasteiger partial charge >= 0.3 is 0 Å². The fourth-order valence-electron chi connectivity index (χ4n) is 5.24. The van der Waals surface area contributed by atoms with Crippen molar-refractivity contribution in [1.29, 1.82) is 0 Å². The maximum absolute atomic E-state index is 6.36. The number of rotatable bonds is 3. The maximum Gasteiger partial charge on any atom is 0.167 e. The molecular weight excluding hydrogens is 550 g/mol. The Bertz CT molecular complexity index is 2200. The molecule has 0 atom stereocenters. The van der Waals surface area contributed by atoms with Gasteiger partial charge in [0.25, 0.3) is 0 Å². The van der Waals surface area contributed by atoms with Crippen molar-refractivity contribution in [2.45, 2.75) is 0 Å². The summed E-state index contributed by atoms with van der Waals surface area (Å²) >= 11 is 3.59. The summed E-state index contributed by atoms with van der Waals surface area (Å²) in [5.74, 6) is 1.72. The van der Waals surface area contributed by atoms with E-state index in [4.69, 9.17) is 23.8 Å². The molecule has 0 fully saturated rings. The molecule has 0 radical (unpaired) electrons. The van der Waals surface area contributed by atoms with E-state index >= 15 is 0 Å². The van der Waals surface area contributed by atoms with Gasteiger partial charge in [0.05, 0.1) is 5.56 Å². The van der Waals surface area contributed by atoms with Crippen LogP contribution >= 0.6 is 15.9 Å². The molecule has 184 valence electrons. The van der Waals surface area contributed by atoms with Crippen LogP contribution in [0, 0.1) is 0 Å². The van der Waals surface area contributed by atoms with E-state index in [1.54, 1.807) is 0 Å². The minimum atomic E-state index is 0.548. The van der Waals surface area contributed by atoms with Gasteiger partial charge in [-0.05, 0) is 36.4 Å². The van der Waals surface area contributed by atoms with Crippen molar-refractivity contribution in [2.24, 2.45) is 0 Å². The summed E-state index contributed by atoms with van der Waals surface area (Å²) in [6, 6.07) is 36.1. The molecule has 0 bridgehead atoms. The Morgan fingerprint density at radius 1 is 0.487 bits per heavy atom. The average molecular weight is 568 g/mol. The smallest absolute Gasteiger partial charge is 0.167 e. The molecule has 5 nitrogen and oxygen atoms in total. The van der Waals surface area contributed by atoms with Crippen LogP contribution in [0.1, 0.15) is 0 Å². The zero-order valence-corrected chi connectivity index (χ0v) is 22.0. The van der Waals surface area contributed by atoms with Gasteiger partial charge in [-0.3, -0.25) is 0 Å². The lowest BCUT2D eigenvalue weighted by Crippen LogP contribution is -2.00. The molecule has 0 spiro atoms. The summed E-state index contributed by atoms with van der Waals surface area (Å²) in [6.45, 7) is 0. The average Bonchev–Trinajstić information content (AvgIpc) is 3.55. The lowest BCUT2D eigenvalue weighted by atomic mass is 10.0. The molecule has 0 saturated carbocycles. The number of furan rings is 2. The van der Waals surface area contributed by atoms with Crippen LogP contribution < -0.4 is 0 Å². The quantitative estimate of drug-likeness (QED) is 0.212. The van der Waals surface area contributed by atoms with E-state index in [1.165, 1.54) is 0 Å². The van der Waals surface area contributed by atoms with E-state index in [0.717, 1.165) is 65.0 Å². The Balaban J connectivity index is 1.44. The normalized spacial score (nSPS) is 11.7. The highest BCUT2D eigenvalue weighted by Gasteiger charge is 2.20. The van der Waals surface area contributed by atoms with Crippen LogP contribution in [0.15, 0.2) is 123 Å². The fourth-order valence-corrected chi connectivity index (χ4v) is 5.60. The molecule has 0 N–H and O–H groups in total. The molecule has 3 aromatic heterocycles. The molecule has 3 heterocycles. The Hall–Kier alpha value is -4.81. The first-order valence-corrected chi connectivity index (χ1v) is 13.4. The molecule has 0 amide bonds. The van der Waals surface area contributed by atoms with E-state index in [1.807, 2.05) is 91.0 Å². The molecule has 5 aromatic carbocycles. The highest BCUT2D eigenvalue weighted by atomic mass is 79.9. The molecular formula is C33H18BrN3O2. The SMILES string of the molecule is Brc1ccc2oc3c(-c4nc(-c5ccccc5)nc(-c5cccc6oc7ccccc7c56)n4)cccc3c2c1. The Labute approximate surface area is 230 Å². The molecule has 0 aliphatic heterocycles. The summed E-state index contributed by atoms with van der Waals surface area (Å²) in [5, 5.41) is 4.05. The standard InChI is InChI=1S/C33H18BrN3O2/c34-20-16-17-27-25(18-20)21-11-6-13-24(30(21)39-27)33-36-31(19-8-2-1-3-9-19)35-32(37-33)23-12-7-15-28-29(23)22-10-4-5-14-26(22)38-28/h1-18H. The molecule has 8 aromatic rings. The molecule has 0 aliphatic rings. The van der Waals surface area contributed by atoms with Gasteiger partial charge in [0.15, 0.2) is 17.5 Å². The molecule has 39 heavy (non-hydrogen) atoms. The van der Waals surface area contributed by atoms with Gasteiger partial charge in [0, 0.05) is 37.1 Å². The first-order valence-electron chi connectivity index (χ1n) is 12.6. The second kappa shape index (κ2) is 8.61. The van der Waals surface area contributed by atoms with Crippen LogP contribution in [0.5, 0.6) is 0 Å². The summed E-state index contributed by atoms with van der Waals surface area (Å²) < 4.78 is 13.5. The van der Waals surface area contributed by atoms with Crippen molar-refractivity contribution in [2.75, 3.05) is 0 Å². The number of hydrogen-bond acceptors (Lipinski definition) is 5. The van der Waals surface area contributed by atoms with Gasteiger partial charge in [0.1, 0.15) is 22.3 Å². The second-order valence-electron chi connectivity index (χ2n) is 9.37. The summed E-state index contributed by atoms with van der Waals surface area (Å²) in [6.07, 6.45) is 0. The van der Waals surface area contributed by atoms with Crippen molar-refractivity contribution >= 4 is 59.8 Å². The van der Waals surface area contributed by atoms with Crippen molar-refractivity contribution in [3.05, 3.63) is 114 Å². The predicted molar refractivity (Wildman–Crippen MR) is 158 cm³/mol. The first kappa shape index (κ1) is 22.2. The number of halogens is 1. The van der Waals surface area contributed by atoms with E-state index < -0.39 is 0 Å². The monoisotopic (exact) mass is 567 g/mol. The van der Waals surface area contributed by atoms with Crippen molar-refractivity contribution < 1.29 is 8.83 Å². The van der Waals surface area contributed by atoms with Crippen molar-refractivity contribution in [3.8, 4) is 34.2 Å². The van der Waals surface area contributed by atoms with Crippen molar-refractivity contribution in [3.63, 3.8) is 0 Å². The first-order chi connectivity index (χ1) is 19.2. The van der Waals surface area contributed by atoms with Crippen LogP contribution in [-0.4, -0.2) is 15.0 Å². The summed E-state index contributed by atoms with van der Waals surface area (Å²) in [4.78, 5) is 15.0. The van der Waals surface area contributed by atoms with Crippen LogP contribution in [0.4, 0.5) is 0 Å². The minimum Gasteiger partial charge on any atom is -0.456 e. The summed E-state index contributed by atoms with van der Waals surface area (Å²) in [7, 11) is 0. The van der Waals surface area contributed by atoms with Crippen LogP contribution in [0.25, 0.3) is 78.0 Å². The number of benzene rings is 5. The van der Waals surface area contributed by atoms with Gasteiger partial charge in [-0.2, -0.15) is 0 Å². The molecule has 8 rings (SSSR count). The lowest BCUT2D eigenvalue weighted by Gasteiger charge is -2.09. The molecule has 6 heteroatoms. The van der Waals surface area contributed by atoms with E-state index in [2.05, 4.69) is 34.1 Å². The Morgan fingerprint density at radius 2 is 1.15 bits per heavy atom. The van der Waals surface area contributed by atoms with Crippen LogP contribution in [0.2, 0.25) is 0 Å². The molecule has 0 saturated heterocycles. The van der Waals surface area contributed by atoms with Crippen molar-refractivity contribution in [1.82, 2.24) is 15.0 Å².